The fraction of sp³-hybridized carbons (Fsp3) is 0.393. The number of aliphatic hydroxyl groups is 1. The molecule has 2 bridgehead atoms. The number of hydrogen-bond donors (Lipinski definition) is 2. The highest BCUT2D eigenvalue weighted by atomic mass is 16.5. The smallest absolute Gasteiger partial charge is 0.335 e. The van der Waals surface area contributed by atoms with Crippen molar-refractivity contribution in [1.82, 2.24) is 0 Å². The number of benzene rings is 3. The Morgan fingerprint density at radius 3 is 2.47 bits per heavy atom. The van der Waals surface area contributed by atoms with E-state index in [0.29, 0.717) is 5.92 Å². The van der Waals surface area contributed by atoms with Crippen LogP contribution in [0.1, 0.15) is 73.2 Å². The van der Waals surface area contributed by atoms with Crippen LogP contribution in [0.25, 0.3) is 10.8 Å². The maximum absolute atomic E-state index is 11.3. The molecule has 0 radical (unpaired) electrons. The van der Waals surface area contributed by atoms with Crippen LogP contribution in [0.5, 0.6) is 5.75 Å². The van der Waals surface area contributed by atoms with Crippen molar-refractivity contribution in [3.63, 3.8) is 0 Å². The third-order valence-corrected chi connectivity index (χ3v) is 9.33. The summed E-state index contributed by atoms with van der Waals surface area (Å²) >= 11 is 0. The number of rotatable bonds is 3. The van der Waals surface area contributed by atoms with Crippen LogP contribution in [0, 0.1) is 11.3 Å². The lowest BCUT2D eigenvalue weighted by Crippen LogP contribution is -2.54. The average molecular weight is 429 g/mol. The van der Waals surface area contributed by atoms with Crippen molar-refractivity contribution in [2.75, 3.05) is 0 Å². The number of aliphatic hydroxyl groups excluding tert-OH is 1. The molecule has 4 nitrogen and oxygen atoms in total. The van der Waals surface area contributed by atoms with Gasteiger partial charge in [0.15, 0.2) is 0 Å². The van der Waals surface area contributed by atoms with Gasteiger partial charge in [-0.05, 0) is 89.8 Å². The Morgan fingerprint density at radius 2 is 1.69 bits per heavy atom. The summed E-state index contributed by atoms with van der Waals surface area (Å²) < 4.78 is 6.62. The van der Waals surface area contributed by atoms with Crippen molar-refractivity contribution in [3.8, 4) is 5.75 Å². The molecule has 2 aliphatic carbocycles. The second-order valence-corrected chi connectivity index (χ2v) is 10.6. The van der Waals surface area contributed by atoms with Crippen LogP contribution >= 0.6 is 0 Å². The van der Waals surface area contributed by atoms with Gasteiger partial charge in [-0.1, -0.05) is 38.1 Å². The molecule has 5 atom stereocenters. The molecular formula is C28H28O4. The zero-order valence-corrected chi connectivity index (χ0v) is 18.7. The first-order valence-electron chi connectivity index (χ1n) is 11.4. The zero-order valence-electron chi connectivity index (χ0n) is 18.7. The minimum Gasteiger partial charge on any atom is -0.486 e. The van der Waals surface area contributed by atoms with Gasteiger partial charge in [-0.25, -0.2) is 4.79 Å². The number of hydrogen-bond acceptors (Lipinski definition) is 3. The predicted octanol–water partition coefficient (Wildman–Crippen LogP) is 5.85. The molecule has 164 valence electrons. The molecule has 3 aromatic rings. The normalized spacial score (nSPS) is 33.1. The van der Waals surface area contributed by atoms with Gasteiger partial charge < -0.3 is 14.9 Å². The van der Waals surface area contributed by atoms with Crippen LogP contribution in [-0.2, 0) is 5.41 Å². The molecule has 2 fully saturated rings. The quantitative estimate of drug-likeness (QED) is 0.549. The van der Waals surface area contributed by atoms with E-state index in [1.54, 1.807) is 18.2 Å². The van der Waals surface area contributed by atoms with Crippen LogP contribution in [0.2, 0.25) is 0 Å². The molecule has 1 heterocycles. The van der Waals surface area contributed by atoms with Crippen molar-refractivity contribution in [3.05, 3.63) is 76.9 Å². The van der Waals surface area contributed by atoms with E-state index in [1.165, 1.54) is 24.8 Å². The number of fused-ring (bicyclic) bond motifs is 8. The van der Waals surface area contributed by atoms with E-state index >= 15 is 0 Å². The van der Waals surface area contributed by atoms with Gasteiger partial charge in [0.2, 0.25) is 0 Å². The monoisotopic (exact) mass is 428 g/mol. The van der Waals surface area contributed by atoms with Crippen LogP contribution in [0.15, 0.2) is 54.6 Å². The number of carboxylic acid groups (broad SMARTS) is 1. The van der Waals surface area contributed by atoms with Crippen molar-refractivity contribution in [2.24, 2.45) is 11.3 Å². The third kappa shape index (κ3) is 2.28. The largest absolute Gasteiger partial charge is 0.486 e. The molecule has 0 aromatic heterocycles. The van der Waals surface area contributed by atoms with Crippen molar-refractivity contribution in [1.29, 1.82) is 0 Å². The fourth-order valence-corrected chi connectivity index (χ4v) is 7.14. The molecular weight excluding hydrogens is 400 g/mol. The first-order valence-corrected chi connectivity index (χ1v) is 11.4. The number of ether oxygens (including phenoxy) is 1. The molecule has 2 saturated carbocycles. The molecule has 4 heteroatoms. The average Bonchev–Trinajstić information content (AvgIpc) is 3.35. The molecule has 2 N–H and O–H groups in total. The molecule has 3 aromatic carbocycles. The Labute approximate surface area is 187 Å². The van der Waals surface area contributed by atoms with E-state index in [1.807, 2.05) is 30.3 Å². The van der Waals surface area contributed by atoms with Crippen molar-refractivity contribution < 1.29 is 19.7 Å². The van der Waals surface area contributed by atoms with Gasteiger partial charge in [0.1, 0.15) is 17.5 Å². The molecule has 6 rings (SSSR count). The standard InChI is InChI=1S/C28H28O4/c1-26-11-10-21(15-26)28(3)27(26,2)22-14-19(8-9-23(22)32-28)24(29)18-6-4-17-13-20(25(30)31)7-5-16(17)12-18/h4-9,12-14,21,24,29H,10-11,15H2,1-3H3,(H,30,31). The first-order chi connectivity index (χ1) is 15.2. The highest BCUT2D eigenvalue weighted by Gasteiger charge is 2.73. The highest BCUT2D eigenvalue weighted by Crippen LogP contribution is 2.73. The number of carboxylic acids is 1. The van der Waals surface area contributed by atoms with Gasteiger partial charge in [0.25, 0.3) is 0 Å². The summed E-state index contributed by atoms with van der Waals surface area (Å²) in [4.78, 5) is 11.2. The molecule has 3 aliphatic rings. The first kappa shape index (κ1) is 19.8. The maximum atomic E-state index is 11.3. The van der Waals surface area contributed by atoms with Crippen LogP contribution in [0.3, 0.4) is 0 Å². The van der Waals surface area contributed by atoms with E-state index in [-0.39, 0.29) is 22.0 Å². The van der Waals surface area contributed by atoms with Gasteiger partial charge in [-0.15, -0.1) is 0 Å². The van der Waals surface area contributed by atoms with Crippen LogP contribution < -0.4 is 4.74 Å². The Balaban J connectivity index is 1.40. The van der Waals surface area contributed by atoms with Gasteiger partial charge in [0.05, 0.1) is 5.56 Å². The second kappa shape index (κ2) is 6.14. The van der Waals surface area contributed by atoms with Crippen molar-refractivity contribution in [2.45, 2.75) is 57.2 Å². The summed E-state index contributed by atoms with van der Waals surface area (Å²) in [5, 5.41) is 22.3. The second-order valence-electron chi connectivity index (χ2n) is 10.6. The zero-order chi connectivity index (χ0) is 22.5. The molecule has 0 saturated heterocycles. The minimum absolute atomic E-state index is 0.0649. The topological polar surface area (TPSA) is 66.8 Å². The van der Waals surface area contributed by atoms with Crippen LogP contribution in [-0.4, -0.2) is 21.8 Å². The summed E-state index contributed by atoms with van der Waals surface area (Å²) in [5.74, 6) is 0.601. The van der Waals surface area contributed by atoms with E-state index in [4.69, 9.17) is 4.74 Å². The lowest BCUT2D eigenvalue weighted by molar-refractivity contribution is -0.0260. The Hall–Kier alpha value is -2.85. The summed E-state index contributed by atoms with van der Waals surface area (Å²) in [7, 11) is 0. The summed E-state index contributed by atoms with van der Waals surface area (Å²) in [6, 6.07) is 16.9. The highest BCUT2D eigenvalue weighted by molar-refractivity contribution is 5.94. The Morgan fingerprint density at radius 1 is 1.00 bits per heavy atom. The molecule has 0 spiro atoms. The summed E-state index contributed by atoms with van der Waals surface area (Å²) in [6.07, 6.45) is 2.90. The van der Waals surface area contributed by atoms with Crippen LogP contribution in [0.4, 0.5) is 0 Å². The van der Waals surface area contributed by atoms with E-state index < -0.39 is 12.1 Å². The van der Waals surface area contributed by atoms with Gasteiger partial charge >= 0.3 is 5.97 Å². The third-order valence-electron chi connectivity index (χ3n) is 9.33. The Bertz CT molecular complexity index is 1300. The lowest BCUT2D eigenvalue weighted by atomic mass is 9.56. The predicted molar refractivity (Wildman–Crippen MR) is 123 cm³/mol. The molecule has 32 heavy (non-hydrogen) atoms. The SMILES string of the molecule is CC12CCC(C1)C1(C)Oc3ccc(C(O)c4ccc5cc(C(=O)O)ccc5c4)cc3C21C. The lowest BCUT2D eigenvalue weighted by Gasteiger charge is -2.48. The molecule has 1 aliphatic heterocycles. The van der Waals surface area contributed by atoms with E-state index in [0.717, 1.165) is 27.6 Å². The Kier molecular flexibility index (Phi) is 3.80. The minimum atomic E-state index is -0.939. The molecule has 0 amide bonds. The van der Waals surface area contributed by atoms with Gasteiger partial charge in [-0.2, -0.15) is 0 Å². The fourth-order valence-electron chi connectivity index (χ4n) is 7.14. The number of aromatic carboxylic acids is 1. The van der Waals surface area contributed by atoms with Gasteiger partial charge in [-0.3, -0.25) is 0 Å². The van der Waals surface area contributed by atoms with E-state index in [9.17, 15) is 15.0 Å². The number of carbonyl (C=O) groups is 1. The summed E-state index contributed by atoms with van der Waals surface area (Å²) in [6.45, 7) is 7.06. The molecule has 5 unspecified atom stereocenters. The van der Waals surface area contributed by atoms with E-state index in [2.05, 4.69) is 26.8 Å². The maximum Gasteiger partial charge on any atom is 0.335 e. The summed E-state index contributed by atoms with van der Waals surface area (Å²) in [5.41, 5.74) is 3.12. The van der Waals surface area contributed by atoms with Crippen molar-refractivity contribution >= 4 is 16.7 Å². The van der Waals surface area contributed by atoms with Gasteiger partial charge in [0, 0.05) is 11.0 Å².